The number of H-pyrrole nitrogens is 1. The predicted octanol–water partition coefficient (Wildman–Crippen LogP) is -7.97. The molecular weight excluding hydrogens is 1370 g/mol. The zero-order valence-corrected chi connectivity index (χ0v) is 56.5. The summed E-state index contributed by atoms with van der Waals surface area (Å²) >= 11 is 0. The first-order valence-electron chi connectivity index (χ1n) is 32.0. The van der Waals surface area contributed by atoms with Crippen molar-refractivity contribution < 1.29 is 126 Å². The SMILES string of the molecule is CCC(C)C1NC(=O)C(CCC(=O)O)NC(=O)C(CC(N)=O)NC(=O)CNC(=O)C(CC(=O)O)NC(=O)C(C)NC(=O)C(CC(=O)O)NC(=O)C(CCCN)NC(=O)CN(C)C(=O)C(NC(=O)C(CC(=O)O)NC(=O)C(CCC(=O)O)NC(=O)C(Cc2c[nH]c3ccccc23)NC=O)C(C)OC1=O. The number of hydrogen-bond acceptors (Lipinski definition) is 22. The van der Waals surface area contributed by atoms with Crippen LogP contribution in [0, 0.1) is 5.92 Å². The summed E-state index contributed by atoms with van der Waals surface area (Å²) in [4.78, 5) is 270. The Morgan fingerprint density at radius 1 is 0.641 bits per heavy atom. The van der Waals surface area contributed by atoms with Crippen LogP contribution in [0.2, 0.25) is 0 Å². The highest BCUT2D eigenvalue weighted by Gasteiger charge is 2.41. The molecule has 14 amide bonds. The first-order chi connectivity index (χ1) is 48.4. The van der Waals surface area contributed by atoms with Crippen LogP contribution in [-0.4, -0.2) is 254 Å². The quantitative estimate of drug-likeness (QED) is 0.0266. The number of fused-ring (bicyclic) bond motifs is 1. The van der Waals surface area contributed by atoms with Crippen molar-refractivity contribution >= 4 is 130 Å². The molecule has 42 nitrogen and oxygen atoms in total. The Kier molecular flexibility index (Phi) is 34.5. The number of ether oxygens (including phenoxy) is 1. The van der Waals surface area contributed by atoms with Crippen LogP contribution in [0.3, 0.4) is 0 Å². The number of amides is 14. The van der Waals surface area contributed by atoms with E-state index >= 15 is 0 Å². The summed E-state index contributed by atoms with van der Waals surface area (Å²) in [7, 11) is 0.917. The van der Waals surface area contributed by atoms with E-state index in [4.69, 9.17) is 16.2 Å². The van der Waals surface area contributed by atoms with Gasteiger partial charge in [0.25, 0.3) is 0 Å². The van der Waals surface area contributed by atoms with Gasteiger partial charge in [-0.25, -0.2) is 4.79 Å². The molecule has 1 fully saturated rings. The van der Waals surface area contributed by atoms with Gasteiger partial charge in [-0.1, -0.05) is 38.5 Å². The first kappa shape index (κ1) is 85.3. The van der Waals surface area contributed by atoms with Crippen LogP contribution in [0.15, 0.2) is 30.5 Å². The van der Waals surface area contributed by atoms with Gasteiger partial charge in [-0.15, -0.1) is 0 Å². The molecule has 1 aromatic carbocycles. The Morgan fingerprint density at radius 3 is 1.78 bits per heavy atom. The van der Waals surface area contributed by atoms with Gasteiger partial charge in [0.15, 0.2) is 0 Å². The summed E-state index contributed by atoms with van der Waals surface area (Å²) in [5.74, 6) is -28.1. The average molecular weight is 1460 g/mol. The van der Waals surface area contributed by atoms with Gasteiger partial charge in [0, 0.05) is 43.4 Å². The maximum Gasteiger partial charge on any atom is 0.329 e. The minimum atomic E-state index is -2.31. The van der Waals surface area contributed by atoms with Crippen molar-refractivity contribution in [1.82, 2.24) is 73.7 Å². The summed E-state index contributed by atoms with van der Waals surface area (Å²) in [6, 6.07) is -14.7. The lowest BCUT2D eigenvalue weighted by atomic mass is 9.98. The molecule has 0 spiro atoms. The minimum Gasteiger partial charge on any atom is -0.481 e. The molecule has 2 heterocycles. The Labute approximate surface area is 585 Å². The second kappa shape index (κ2) is 41.6. The van der Waals surface area contributed by atoms with Crippen molar-refractivity contribution in [2.24, 2.45) is 17.4 Å². The van der Waals surface area contributed by atoms with Gasteiger partial charge in [0.2, 0.25) is 83.2 Å². The number of aliphatic carboxylic acids is 5. The molecule has 3 rings (SSSR count). The topological polar surface area (TPSA) is 667 Å². The number of benzene rings is 1. The fraction of sp³-hybridized carbons (Fsp3) is 0.541. The highest BCUT2D eigenvalue weighted by atomic mass is 16.5. The molecule has 1 aromatic heterocycles. The molecule has 22 N–H and O–H groups in total. The number of aromatic amines is 1. The lowest BCUT2D eigenvalue weighted by Gasteiger charge is -2.32. The molecule has 0 bridgehead atoms. The highest BCUT2D eigenvalue weighted by Crippen LogP contribution is 2.20. The molecule has 1 saturated heterocycles. The second-order valence-electron chi connectivity index (χ2n) is 23.8. The van der Waals surface area contributed by atoms with E-state index in [9.17, 15) is 121 Å². The van der Waals surface area contributed by atoms with Gasteiger partial charge in [0.1, 0.15) is 72.6 Å². The summed E-state index contributed by atoms with van der Waals surface area (Å²) < 4.78 is 5.72. The number of nitrogens with one attached hydrogen (secondary N) is 13. The number of carbonyl (C=O) groups is 20. The first-order valence-corrected chi connectivity index (χ1v) is 32.0. The third-order valence-corrected chi connectivity index (χ3v) is 15.7. The fourth-order valence-corrected chi connectivity index (χ4v) is 10.0. The minimum absolute atomic E-state index is 0.0101. The van der Waals surface area contributed by atoms with Gasteiger partial charge < -0.3 is 115 Å². The van der Waals surface area contributed by atoms with Crippen LogP contribution in [0.4, 0.5) is 0 Å². The van der Waals surface area contributed by atoms with E-state index in [0.717, 1.165) is 20.9 Å². The lowest BCUT2D eigenvalue weighted by molar-refractivity contribution is -0.159. The number of carbonyl (C=O) groups excluding carboxylic acids is 15. The number of primary amides is 1. The normalized spacial score (nSPS) is 22.4. The number of carboxylic acids is 5. The number of aromatic nitrogens is 1. The van der Waals surface area contributed by atoms with E-state index in [2.05, 4.69) is 58.2 Å². The lowest BCUT2D eigenvalue weighted by Crippen LogP contribution is -2.61. The van der Waals surface area contributed by atoms with E-state index in [0.29, 0.717) is 21.4 Å². The van der Waals surface area contributed by atoms with Crippen molar-refractivity contribution in [1.29, 1.82) is 0 Å². The molecule has 2 aromatic rings. The number of rotatable bonds is 29. The van der Waals surface area contributed by atoms with Gasteiger partial charge >= 0.3 is 35.8 Å². The second-order valence-corrected chi connectivity index (χ2v) is 23.8. The van der Waals surface area contributed by atoms with E-state index in [1.165, 1.54) is 13.8 Å². The number of para-hydroxylation sites is 1. The summed E-state index contributed by atoms with van der Waals surface area (Å²) in [6.07, 6.45) is -8.97. The molecule has 1 aliphatic heterocycles. The van der Waals surface area contributed by atoms with Crippen LogP contribution >= 0.6 is 0 Å². The van der Waals surface area contributed by atoms with Gasteiger partial charge in [-0.05, 0) is 63.6 Å². The summed E-state index contributed by atoms with van der Waals surface area (Å²) in [5.41, 5.74) is 12.2. The van der Waals surface area contributed by atoms with Gasteiger partial charge in [-0.2, -0.15) is 0 Å². The molecule has 13 unspecified atom stereocenters. The van der Waals surface area contributed by atoms with E-state index < -0.39 is 256 Å². The maximum atomic E-state index is 14.8. The highest BCUT2D eigenvalue weighted by molar-refractivity contribution is 6.01. The predicted molar refractivity (Wildman–Crippen MR) is 348 cm³/mol. The third kappa shape index (κ3) is 28.7. The van der Waals surface area contributed by atoms with E-state index in [1.807, 2.05) is 10.6 Å². The van der Waals surface area contributed by atoms with Gasteiger partial charge in [0.05, 0.1) is 38.8 Å². The Bertz CT molecular complexity index is 3510. The van der Waals surface area contributed by atoms with Crippen molar-refractivity contribution in [2.45, 2.75) is 177 Å². The number of cyclic esters (lactones) is 1. The number of nitrogens with two attached hydrogens (primary N) is 2. The van der Waals surface area contributed by atoms with Crippen LogP contribution < -0.4 is 75.3 Å². The van der Waals surface area contributed by atoms with E-state index in [-0.39, 0.29) is 38.6 Å². The molecule has 0 aliphatic carbocycles. The number of carboxylic acid groups (broad SMARTS) is 5. The number of esters is 1. The summed E-state index contributed by atoms with van der Waals surface area (Å²) in [5, 5.41) is 75.3. The van der Waals surface area contributed by atoms with Crippen molar-refractivity contribution in [2.75, 3.05) is 26.7 Å². The van der Waals surface area contributed by atoms with Crippen LogP contribution in [0.25, 0.3) is 10.9 Å². The largest absolute Gasteiger partial charge is 0.481 e. The monoisotopic (exact) mass is 1460 g/mol. The molecule has 566 valence electrons. The van der Waals surface area contributed by atoms with Crippen LogP contribution in [0.1, 0.15) is 104 Å². The smallest absolute Gasteiger partial charge is 0.329 e. The molecular formula is C61H86N16O26. The van der Waals surface area contributed by atoms with Crippen LogP contribution in [-0.2, 0) is 107 Å². The molecule has 103 heavy (non-hydrogen) atoms. The molecule has 1 aliphatic rings. The standard InChI is InChI=1S/C61H86N16O26/c1-6-27(2)49-61(102)103-29(4)50(76-59(100)40(22-48(90)91)74-54(95)34(13-15-44(82)83)70-56(97)36(66-26-78)18-30-23-64-32-11-8-7-10-31(30)32)60(101)77(5)25-43(81)68-33(12-9-17-62)53(94)73-39(21-47(88)89)57(98)67-28(3)51(92)72-38(20-46(86)87)52(93)65-24-42(80)69-37(19-41(63)79)58(99)71-35(55(96)75-49)14-16-45(84)85/h7-8,10-11,23,26-29,33-40,49-50,64H,6,9,12-22,24-25,62H2,1-5H3,(H2,63,79)(H,65,93)(H,66,78)(H,67,98)(H,68,81)(H,69,80)(H,70,97)(H,71,99)(H,72,92)(H,73,94)(H,74,95)(H,75,96)(H,76,100)(H,82,83)(H,84,85)(H,86,87)(H,88,89)(H,90,91). The number of likely N-dealkylation sites (N-methyl/N-ethyl adjacent to an activating group) is 1. The summed E-state index contributed by atoms with van der Waals surface area (Å²) in [6.45, 7) is 2.40. The van der Waals surface area contributed by atoms with Crippen molar-refractivity contribution in [3.63, 3.8) is 0 Å². The maximum absolute atomic E-state index is 14.8. The van der Waals surface area contributed by atoms with E-state index in [1.54, 1.807) is 30.5 Å². The molecule has 0 saturated carbocycles. The zero-order valence-electron chi connectivity index (χ0n) is 56.5. The average Bonchev–Trinajstić information content (AvgIpc) is 1.80. The zero-order chi connectivity index (χ0) is 77.5. The molecule has 42 heteroatoms. The van der Waals surface area contributed by atoms with Gasteiger partial charge in [-0.3, -0.25) is 91.1 Å². The van der Waals surface area contributed by atoms with Crippen LogP contribution in [0.5, 0.6) is 0 Å². The number of hydrogen-bond donors (Lipinski definition) is 20. The Morgan fingerprint density at radius 2 is 1.18 bits per heavy atom. The number of nitrogens with zero attached hydrogens (tertiary/aromatic N) is 1. The van der Waals surface area contributed by atoms with Crippen molar-refractivity contribution in [3.05, 3.63) is 36.0 Å². The molecule has 0 radical (unpaired) electrons. The third-order valence-electron chi connectivity index (χ3n) is 15.7. The Balaban J connectivity index is 2.24. The Hall–Kier alpha value is -11.9. The molecule has 13 atom stereocenters. The van der Waals surface area contributed by atoms with Crippen molar-refractivity contribution in [3.8, 4) is 0 Å². The fourth-order valence-electron chi connectivity index (χ4n) is 10.0.